The number of carbonyl (C=O) groups excluding carboxylic acids is 2. The van der Waals surface area contributed by atoms with Gasteiger partial charge >= 0.3 is 11.8 Å². The lowest BCUT2D eigenvalue weighted by atomic mass is 10.2. The molecule has 22 heavy (non-hydrogen) atoms. The predicted molar refractivity (Wildman–Crippen MR) is 86.6 cm³/mol. The Morgan fingerprint density at radius 3 is 2.23 bits per heavy atom. The third-order valence-electron chi connectivity index (χ3n) is 2.79. The first kappa shape index (κ1) is 16.1. The lowest BCUT2D eigenvalue weighted by Crippen LogP contribution is -2.29. The van der Waals surface area contributed by atoms with E-state index in [0.29, 0.717) is 5.02 Å². The number of aryl methyl sites for hydroxylation is 1. The van der Waals surface area contributed by atoms with Gasteiger partial charge < -0.3 is 15.7 Å². The van der Waals surface area contributed by atoms with E-state index in [-0.39, 0.29) is 22.1 Å². The molecule has 7 heteroatoms. The van der Waals surface area contributed by atoms with E-state index in [0.717, 1.165) is 5.56 Å². The van der Waals surface area contributed by atoms with Crippen molar-refractivity contribution in [2.45, 2.75) is 6.92 Å². The van der Waals surface area contributed by atoms with Crippen LogP contribution in [0.2, 0.25) is 10.0 Å². The van der Waals surface area contributed by atoms with Crippen molar-refractivity contribution < 1.29 is 14.7 Å². The number of halogens is 2. The van der Waals surface area contributed by atoms with Gasteiger partial charge in [0.15, 0.2) is 0 Å². The summed E-state index contributed by atoms with van der Waals surface area (Å²) in [5.74, 6) is -1.96. The number of nitrogens with one attached hydrogen (secondary N) is 2. The van der Waals surface area contributed by atoms with Gasteiger partial charge in [0.1, 0.15) is 5.75 Å². The predicted octanol–water partition coefficient (Wildman–Crippen LogP) is 3.58. The number of benzene rings is 2. The molecule has 2 aromatic rings. The number of phenols is 1. The van der Waals surface area contributed by atoms with Gasteiger partial charge in [0.05, 0.1) is 16.4 Å². The Kier molecular flexibility index (Phi) is 4.90. The molecule has 0 aliphatic heterocycles. The van der Waals surface area contributed by atoms with Crippen molar-refractivity contribution >= 4 is 46.4 Å². The van der Waals surface area contributed by atoms with Crippen LogP contribution in [0.3, 0.4) is 0 Å². The Balaban J connectivity index is 2.09. The largest absolute Gasteiger partial charge is 0.506 e. The number of rotatable bonds is 2. The van der Waals surface area contributed by atoms with E-state index < -0.39 is 11.8 Å². The average molecular weight is 339 g/mol. The fourth-order valence-electron chi connectivity index (χ4n) is 1.70. The minimum Gasteiger partial charge on any atom is -0.506 e. The maximum absolute atomic E-state index is 11.9. The molecular formula is C15H12Cl2N2O3. The van der Waals surface area contributed by atoms with Crippen LogP contribution < -0.4 is 10.6 Å². The molecule has 114 valence electrons. The summed E-state index contributed by atoms with van der Waals surface area (Å²) in [7, 11) is 0. The highest BCUT2D eigenvalue weighted by molar-refractivity contribution is 6.45. The van der Waals surface area contributed by atoms with Crippen LogP contribution in [0.1, 0.15) is 5.56 Å². The minimum absolute atomic E-state index is 0.128. The molecule has 2 aromatic carbocycles. The van der Waals surface area contributed by atoms with Gasteiger partial charge in [-0.2, -0.15) is 0 Å². The Morgan fingerprint density at radius 2 is 1.59 bits per heavy atom. The molecule has 2 rings (SSSR count). The van der Waals surface area contributed by atoms with Gasteiger partial charge in [0.25, 0.3) is 0 Å². The molecule has 0 fully saturated rings. The quantitative estimate of drug-likeness (QED) is 0.578. The Bertz CT molecular complexity index is 748. The van der Waals surface area contributed by atoms with Crippen molar-refractivity contribution in [3.63, 3.8) is 0 Å². The molecule has 0 saturated heterocycles. The lowest BCUT2D eigenvalue weighted by molar-refractivity contribution is -0.133. The third-order valence-corrected chi connectivity index (χ3v) is 3.33. The first-order valence-corrected chi connectivity index (χ1v) is 6.99. The SMILES string of the molecule is Cc1ccc(O)c(NC(=O)C(=O)Nc2ccc(Cl)cc2Cl)c1. The highest BCUT2D eigenvalue weighted by Gasteiger charge is 2.17. The molecule has 0 aromatic heterocycles. The zero-order valence-corrected chi connectivity index (χ0v) is 13.0. The van der Waals surface area contributed by atoms with Crippen LogP contribution in [0.15, 0.2) is 36.4 Å². The molecule has 0 atom stereocenters. The van der Waals surface area contributed by atoms with Crippen molar-refractivity contribution in [3.05, 3.63) is 52.0 Å². The smallest absolute Gasteiger partial charge is 0.314 e. The Labute approximate surface area is 136 Å². The average Bonchev–Trinajstić information content (AvgIpc) is 2.45. The van der Waals surface area contributed by atoms with Crippen LogP contribution in [0, 0.1) is 6.92 Å². The second-order valence-electron chi connectivity index (χ2n) is 4.55. The summed E-state index contributed by atoms with van der Waals surface area (Å²) < 4.78 is 0. The van der Waals surface area contributed by atoms with Crippen LogP contribution in [0.4, 0.5) is 11.4 Å². The van der Waals surface area contributed by atoms with Crippen LogP contribution in [-0.4, -0.2) is 16.9 Å². The van der Waals surface area contributed by atoms with Gasteiger partial charge in [0.2, 0.25) is 0 Å². The maximum Gasteiger partial charge on any atom is 0.314 e. The van der Waals surface area contributed by atoms with Crippen LogP contribution in [-0.2, 0) is 9.59 Å². The van der Waals surface area contributed by atoms with E-state index in [1.54, 1.807) is 19.1 Å². The van der Waals surface area contributed by atoms with Gasteiger partial charge in [-0.3, -0.25) is 9.59 Å². The Morgan fingerprint density at radius 1 is 0.955 bits per heavy atom. The fourth-order valence-corrected chi connectivity index (χ4v) is 2.15. The molecular weight excluding hydrogens is 327 g/mol. The number of phenolic OH excluding ortho intramolecular Hbond substituents is 1. The molecule has 0 heterocycles. The van der Waals surface area contributed by atoms with Crippen LogP contribution >= 0.6 is 23.2 Å². The molecule has 0 radical (unpaired) electrons. The monoisotopic (exact) mass is 338 g/mol. The molecule has 0 aliphatic carbocycles. The molecule has 3 N–H and O–H groups in total. The van der Waals surface area contributed by atoms with Crippen LogP contribution in [0.5, 0.6) is 5.75 Å². The molecule has 0 spiro atoms. The Hall–Kier alpha value is -2.24. The number of carbonyl (C=O) groups is 2. The van der Waals surface area contributed by atoms with Gasteiger partial charge in [-0.05, 0) is 42.8 Å². The second kappa shape index (κ2) is 6.68. The minimum atomic E-state index is -0.924. The number of hydrogen-bond donors (Lipinski definition) is 3. The van der Waals surface area contributed by atoms with Crippen molar-refractivity contribution in [3.8, 4) is 5.75 Å². The van der Waals surface area contributed by atoms with Crippen LogP contribution in [0.25, 0.3) is 0 Å². The van der Waals surface area contributed by atoms with Crippen molar-refractivity contribution in [2.75, 3.05) is 10.6 Å². The zero-order chi connectivity index (χ0) is 16.3. The lowest BCUT2D eigenvalue weighted by Gasteiger charge is -2.09. The highest BCUT2D eigenvalue weighted by Crippen LogP contribution is 2.26. The molecule has 5 nitrogen and oxygen atoms in total. The maximum atomic E-state index is 11.9. The first-order valence-electron chi connectivity index (χ1n) is 6.24. The van der Waals surface area contributed by atoms with E-state index in [9.17, 15) is 14.7 Å². The van der Waals surface area contributed by atoms with Gasteiger partial charge in [-0.25, -0.2) is 0 Å². The first-order chi connectivity index (χ1) is 10.4. The number of hydrogen-bond acceptors (Lipinski definition) is 3. The third kappa shape index (κ3) is 3.90. The molecule has 0 saturated carbocycles. The van der Waals surface area contributed by atoms with E-state index in [1.807, 2.05) is 0 Å². The molecule has 0 aliphatic rings. The van der Waals surface area contributed by atoms with E-state index in [2.05, 4.69) is 10.6 Å². The molecule has 2 amide bonds. The zero-order valence-electron chi connectivity index (χ0n) is 11.5. The number of amides is 2. The number of aromatic hydroxyl groups is 1. The van der Waals surface area contributed by atoms with Gasteiger partial charge in [-0.15, -0.1) is 0 Å². The highest BCUT2D eigenvalue weighted by atomic mass is 35.5. The summed E-state index contributed by atoms with van der Waals surface area (Å²) in [6.07, 6.45) is 0. The van der Waals surface area contributed by atoms with Gasteiger partial charge in [-0.1, -0.05) is 29.3 Å². The van der Waals surface area contributed by atoms with E-state index in [4.69, 9.17) is 23.2 Å². The molecule has 0 bridgehead atoms. The summed E-state index contributed by atoms with van der Waals surface area (Å²) >= 11 is 11.7. The summed E-state index contributed by atoms with van der Waals surface area (Å²) in [6, 6.07) is 9.13. The standard InChI is InChI=1S/C15H12Cl2N2O3/c1-8-2-5-13(20)12(6-8)19-15(22)14(21)18-11-4-3-9(16)7-10(11)17/h2-7,20H,1H3,(H,18,21)(H,19,22). The van der Waals surface area contributed by atoms with Gasteiger partial charge in [0, 0.05) is 5.02 Å². The summed E-state index contributed by atoms with van der Waals surface area (Å²) in [4.78, 5) is 23.7. The van der Waals surface area contributed by atoms with Crippen molar-refractivity contribution in [2.24, 2.45) is 0 Å². The summed E-state index contributed by atoms with van der Waals surface area (Å²) in [5.41, 5.74) is 1.25. The van der Waals surface area contributed by atoms with Crippen molar-refractivity contribution in [1.29, 1.82) is 0 Å². The van der Waals surface area contributed by atoms with Crippen molar-refractivity contribution in [1.82, 2.24) is 0 Å². The summed E-state index contributed by atoms with van der Waals surface area (Å²) in [6.45, 7) is 1.79. The normalized spacial score (nSPS) is 10.1. The van der Waals surface area contributed by atoms with E-state index >= 15 is 0 Å². The summed E-state index contributed by atoms with van der Waals surface area (Å²) in [5, 5.41) is 15.0. The van der Waals surface area contributed by atoms with E-state index in [1.165, 1.54) is 24.3 Å². The topological polar surface area (TPSA) is 78.4 Å². The fraction of sp³-hybridized carbons (Fsp3) is 0.0667. The molecule has 0 unspecified atom stereocenters. The second-order valence-corrected chi connectivity index (χ2v) is 5.40. The number of anilines is 2.